The molecule has 0 amide bonds. The Morgan fingerprint density at radius 2 is 2.05 bits per heavy atom. The molecule has 1 aromatic carbocycles. The third-order valence-corrected chi connectivity index (χ3v) is 2.88. The molecule has 0 spiro atoms. The molecule has 1 heterocycles. The van der Waals surface area contributed by atoms with Crippen molar-refractivity contribution in [2.45, 2.75) is 13.1 Å². The molecule has 0 atom stereocenters. The second-order valence-electron chi connectivity index (χ2n) is 4.17. The average Bonchev–Trinajstić information content (AvgIpc) is 2.96. The maximum atomic E-state index is 5.28. The zero-order valence-corrected chi connectivity index (χ0v) is 11.3. The smallest absolute Gasteiger partial charge is 0.161 e. The van der Waals surface area contributed by atoms with Crippen LogP contribution in [0.4, 0.5) is 0 Å². The van der Waals surface area contributed by atoms with Gasteiger partial charge in [0.25, 0.3) is 0 Å². The van der Waals surface area contributed by atoms with E-state index in [1.54, 1.807) is 20.4 Å². The fourth-order valence-corrected chi connectivity index (χ4v) is 1.85. The third kappa shape index (κ3) is 3.72. The Hall–Kier alpha value is -2.01. The van der Waals surface area contributed by atoms with Crippen molar-refractivity contribution in [3.05, 3.63) is 42.5 Å². The van der Waals surface area contributed by atoms with Crippen LogP contribution in [-0.2, 0) is 13.1 Å². The van der Waals surface area contributed by atoms with Crippen molar-refractivity contribution in [1.82, 2.24) is 14.9 Å². The van der Waals surface area contributed by atoms with Gasteiger partial charge in [-0.2, -0.15) is 0 Å². The summed E-state index contributed by atoms with van der Waals surface area (Å²) in [6.45, 7) is 2.60. The Morgan fingerprint density at radius 3 is 2.74 bits per heavy atom. The molecule has 0 aliphatic carbocycles. The molecule has 0 saturated carbocycles. The van der Waals surface area contributed by atoms with E-state index in [-0.39, 0.29) is 0 Å². The molecular formula is C14H19N3O2. The van der Waals surface area contributed by atoms with Crippen LogP contribution in [0.15, 0.2) is 36.9 Å². The quantitative estimate of drug-likeness (QED) is 0.771. The molecule has 1 N–H and O–H groups in total. The fraction of sp³-hybridized carbons (Fsp3) is 0.357. The molecule has 0 radical (unpaired) electrons. The van der Waals surface area contributed by atoms with E-state index >= 15 is 0 Å². The summed E-state index contributed by atoms with van der Waals surface area (Å²) in [5.74, 6) is 1.51. The van der Waals surface area contributed by atoms with Crippen LogP contribution < -0.4 is 14.8 Å². The first kappa shape index (κ1) is 13.4. The van der Waals surface area contributed by atoms with E-state index in [0.29, 0.717) is 0 Å². The molecular weight excluding hydrogens is 242 g/mol. The minimum atomic E-state index is 0.754. The van der Waals surface area contributed by atoms with E-state index in [1.165, 1.54) is 5.56 Å². The maximum Gasteiger partial charge on any atom is 0.161 e. The molecule has 0 saturated heterocycles. The number of aromatic nitrogens is 2. The Bertz CT molecular complexity index is 497. The summed E-state index contributed by atoms with van der Waals surface area (Å²) in [7, 11) is 3.29. The van der Waals surface area contributed by atoms with Gasteiger partial charge in [0, 0.05) is 32.0 Å². The lowest BCUT2D eigenvalue weighted by Crippen LogP contribution is -2.18. The molecule has 5 nitrogen and oxygen atoms in total. The first-order valence-corrected chi connectivity index (χ1v) is 6.21. The predicted octanol–water partition coefficient (Wildman–Crippen LogP) is 1.69. The molecule has 0 aliphatic heterocycles. The maximum absolute atomic E-state index is 5.28. The molecule has 0 bridgehead atoms. The van der Waals surface area contributed by atoms with Gasteiger partial charge in [0.1, 0.15) is 0 Å². The van der Waals surface area contributed by atoms with E-state index < -0.39 is 0 Å². The van der Waals surface area contributed by atoms with Gasteiger partial charge in [0.15, 0.2) is 11.5 Å². The Morgan fingerprint density at radius 1 is 1.21 bits per heavy atom. The molecule has 0 aliphatic rings. The van der Waals surface area contributed by atoms with Crippen molar-refractivity contribution >= 4 is 0 Å². The van der Waals surface area contributed by atoms with Crippen molar-refractivity contribution in [3.8, 4) is 11.5 Å². The van der Waals surface area contributed by atoms with Gasteiger partial charge >= 0.3 is 0 Å². The van der Waals surface area contributed by atoms with Gasteiger partial charge in [-0.05, 0) is 17.7 Å². The van der Waals surface area contributed by atoms with Crippen LogP contribution in [0.5, 0.6) is 11.5 Å². The van der Waals surface area contributed by atoms with Gasteiger partial charge in [-0.1, -0.05) is 6.07 Å². The van der Waals surface area contributed by atoms with Crippen molar-refractivity contribution < 1.29 is 9.47 Å². The predicted molar refractivity (Wildman–Crippen MR) is 73.5 cm³/mol. The molecule has 19 heavy (non-hydrogen) atoms. The summed E-state index contributed by atoms with van der Waals surface area (Å²) >= 11 is 0. The number of imidazole rings is 1. The first-order chi connectivity index (χ1) is 9.33. The summed E-state index contributed by atoms with van der Waals surface area (Å²) in [6.07, 6.45) is 5.56. The lowest BCUT2D eigenvalue weighted by atomic mass is 10.2. The summed E-state index contributed by atoms with van der Waals surface area (Å²) in [5, 5.41) is 3.38. The topological polar surface area (TPSA) is 48.3 Å². The highest BCUT2D eigenvalue weighted by Gasteiger charge is 2.03. The Kier molecular flexibility index (Phi) is 4.80. The number of rotatable bonds is 7. The van der Waals surface area contributed by atoms with Crippen LogP contribution in [-0.4, -0.2) is 30.3 Å². The van der Waals surface area contributed by atoms with Crippen molar-refractivity contribution in [2.75, 3.05) is 20.8 Å². The SMILES string of the molecule is COc1ccc(CNCCn2ccnc2)cc1OC. The van der Waals surface area contributed by atoms with Gasteiger partial charge in [-0.3, -0.25) is 0 Å². The van der Waals surface area contributed by atoms with E-state index in [9.17, 15) is 0 Å². The summed E-state index contributed by atoms with van der Waals surface area (Å²) in [4.78, 5) is 4.01. The highest BCUT2D eigenvalue weighted by atomic mass is 16.5. The van der Waals surface area contributed by atoms with E-state index in [2.05, 4.69) is 10.3 Å². The molecule has 1 aromatic heterocycles. The standard InChI is InChI=1S/C14H19N3O2/c1-18-13-4-3-12(9-14(13)19-2)10-15-5-7-17-8-6-16-11-17/h3-4,6,8-9,11,15H,5,7,10H2,1-2H3. The molecule has 2 aromatic rings. The largest absolute Gasteiger partial charge is 0.493 e. The molecule has 102 valence electrons. The third-order valence-electron chi connectivity index (χ3n) is 2.88. The van der Waals surface area contributed by atoms with Gasteiger partial charge in [0.05, 0.1) is 20.5 Å². The van der Waals surface area contributed by atoms with E-state index in [4.69, 9.17) is 9.47 Å². The summed E-state index contributed by atoms with van der Waals surface area (Å²) in [5.41, 5.74) is 1.17. The number of nitrogens with zero attached hydrogens (tertiary/aromatic N) is 2. The van der Waals surface area contributed by atoms with Gasteiger partial charge in [-0.15, -0.1) is 0 Å². The van der Waals surface area contributed by atoms with Crippen molar-refractivity contribution in [2.24, 2.45) is 0 Å². The zero-order chi connectivity index (χ0) is 13.5. The number of hydrogen-bond acceptors (Lipinski definition) is 4. The number of methoxy groups -OCH3 is 2. The van der Waals surface area contributed by atoms with Crippen LogP contribution in [0, 0.1) is 0 Å². The monoisotopic (exact) mass is 261 g/mol. The molecule has 0 unspecified atom stereocenters. The molecule has 0 fully saturated rings. The highest BCUT2D eigenvalue weighted by Crippen LogP contribution is 2.27. The second-order valence-corrected chi connectivity index (χ2v) is 4.17. The molecule has 2 rings (SSSR count). The number of ether oxygens (including phenoxy) is 2. The first-order valence-electron chi connectivity index (χ1n) is 6.21. The lowest BCUT2D eigenvalue weighted by molar-refractivity contribution is 0.354. The van der Waals surface area contributed by atoms with E-state index in [1.807, 2.05) is 35.3 Å². The van der Waals surface area contributed by atoms with Gasteiger partial charge in [0.2, 0.25) is 0 Å². The minimum absolute atomic E-state index is 0.754. The van der Waals surface area contributed by atoms with Crippen LogP contribution in [0.1, 0.15) is 5.56 Å². The number of benzene rings is 1. The average molecular weight is 261 g/mol. The number of nitrogens with one attached hydrogen (secondary N) is 1. The van der Waals surface area contributed by atoms with Gasteiger partial charge in [-0.25, -0.2) is 4.98 Å². The van der Waals surface area contributed by atoms with Crippen LogP contribution in [0.25, 0.3) is 0 Å². The summed E-state index contributed by atoms with van der Waals surface area (Å²) in [6, 6.07) is 5.94. The van der Waals surface area contributed by atoms with Crippen molar-refractivity contribution in [3.63, 3.8) is 0 Å². The van der Waals surface area contributed by atoms with Crippen LogP contribution >= 0.6 is 0 Å². The Labute approximate surface area is 113 Å². The lowest BCUT2D eigenvalue weighted by Gasteiger charge is -2.10. The fourth-order valence-electron chi connectivity index (χ4n) is 1.85. The number of hydrogen-bond donors (Lipinski definition) is 1. The minimum Gasteiger partial charge on any atom is -0.493 e. The molecule has 5 heteroatoms. The van der Waals surface area contributed by atoms with Gasteiger partial charge < -0.3 is 19.4 Å². The Balaban J connectivity index is 1.82. The zero-order valence-electron chi connectivity index (χ0n) is 11.3. The normalized spacial score (nSPS) is 10.4. The van der Waals surface area contributed by atoms with E-state index in [0.717, 1.165) is 31.1 Å². The highest BCUT2D eigenvalue weighted by molar-refractivity contribution is 5.42. The van der Waals surface area contributed by atoms with Crippen LogP contribution in [0.3, 0.4) is 0 Å². The van der Waals surface area contributed by atoms with Crippen molar-refractivity contribution in [1.29, 1.82) is 0 Å². The summed E-state index contributed by atoms with van der Waals surface area (Å²) < 4.78 is 12.5. The second kappa shape index (κ2) is 6.80. The van der Waals surface area contributed by atoms with Crippen LogP contribution in [0.2, 0.25) is 0 Å².